The van der Waals surface area contributed by atoms with Crippen LogP contribution in [0, 0.1) is 5.82 Å². The lowest BCUT2D eigenvalue weighted by Gasteiger charge is -2.21. The van der Waals surface area contributed by atoms with Crippen LogP contribution in [0.25, 0.3) is 0 Å². The molecule has 0 amide bonds. The van der Waals surface area contributed by atoms with Gasteiger partial charge in [-0.05, 0) is 44.0 Å². The van der Waals surface area contributed by atoms with Crippen molar-refractivity contribution in [2.24, 2.45) is 4.99 Å². The smallest absolute Gasteiger partial charge is 0.191 e. The van der Waals surface area contributed by atoms with Crippen molar-refractivity contribution in [1.29, 1.82) is 0 Å². The van der Waals surface area contributed by atoms with Gasteiger partial charge in [-0.25, -0.2) is 12.8 Å². The second kappa shape index (κ2) is 11.0. The Balaban J connectivity index is 0.00000625. The fraction of sp³-hybridized carbons (Fsp3) is 0.588. The highest BCUT2D eigenvalue weighted by Gasteiger charge is 2.11. The van der Waals surface area contributed by atoms with Crippen LogP contribution in [0.3, 0.4) is 0 Å². The number of sulfone groups is 1. The predicted octanol–water partition coefficient (Wildman–Crippen LogP) is 2.04. The lowest BCUT2D eigenvalue weighted by molar-refractivity contribution is 0.428. The Labute approximate surface area is 173 Å². The van der Waals surface area contributed by atoms with E-state index in [9.17, 15) is 12.8 Å². The van der Waals surface area contributed by atoms with Crippen LogP contribution >= 0.6 is 24.0 Å². The number of nitrogens with one attached hydrogen (secondary N) is 3. The number of nitrogens with zero attached hydrogens (tertiary/aromatic N) is 1. The third kappa shape index (κ3) is 10.9. The minimum atomic E-state index is -3.19. The van der Waals surface area contributed by atoms with Gasteiger partial charge < -0.3 is 16.0 Å². The second-order valence-corrected chi connectivity index (χ2v) is 9.15. The molecule has 1 aromatic carbocycles. The van der Waals surface area contributed by atoms with Crippen LogP contribution in [0.5, 0.6) is 0 Å². The van der Waals surface area contributed by atoms with Gasteiger partial charge in [0.1, 0.15) is 5.82 Å². The van der Waals surface area contributed by atoms with Crippen LogP contribution in [0.1, 0.15) is 31.9 Å². The van der Waals surface area contributed by atoms with E-state index in [1.807, 2.05) is 0 Å². The maximum absolute atomic E-state index is 13.5. The lowest BCUT2D eigenvalue weighted by atomic mass is 10.1. The van der Waals surface area contributed by atoms with Crippen molar-refractivity contribution in [2.75, 3.05) is 26.4 Å². The highest BCUT2D eigenvalue weighted by atomic mass is 127. The van der Waals surface area contributed by atoms with E-state index in [2.05, 4.69) is 41.7 Å². The molecule has 0 atom stereocenters. The molecule has 0 aliphatic heterocycles. The van der Waals surface area contributed by atoms with Gasteiger partial charge in [-0.1, -0.05) is 6.07 Å². The summed E-state index contributed by atoms with van der Waals surface area (Å²) < 4.78 is 36.6. The summed E-state index contributed by atoms with van der Waals surface area (Å²) >= 11 is 0. The first-order chi connectivity index (χ1) is 11.5. The van der Waals surface area contributed by atoms with Crippen LogP contribution in [0.4, 0.5) is 4.39 Å². The van der Waals surface area contributed by atoms with E-state index in [0.717, 1.165) is 12.8 Å². The number of hydrogen-bond acceptors (Lipinski definition) is 4. The van der Waals surface area contributed by atoms with Crippen LogP contribution < -0.4 is 16.0 Å². The standard InChI is InChI=1S/C17H29FN4O2S.HI/c1-17(2,3)22-9-8-20-16(19-4)21-11-14-10-15(18)7-6-13(14)12-25(5,23)24;/h6-7,10,22H,8-9,11-12H2,1-5H3,(H2,19,20,21);1H. The van der Waals surface area contributed by atoms with Crippen LogP contribution in [0.15, 0.2) is 23.2 Å². The fourth-order valence-electron chi connectivity index (χ4n) is 2.20. The summed E-state index contributed by atoms with van der Waals surface area (Å²) in [6.45, 7) is 8.00. The molecule has 0 saturated carbocycles. The predicted molar refractivity (Wildman–Crippen MR) is 116 cm³/mol. The zero-order valence-corrected chi connectivity index (χ0v) is 19.2. The molecule has 9 heteroatoms. The first-order valence-electron chi connectivity index (χ1n) is 8.15. The Morgan fingerprint density at radius 2 is 1.81 bits per heavy atom. The zero-order valence-electron chi connectivity index (χ0n) is 16.0. The van der Waals surface area contributed by atoms with E-state index in [1.54, 1.807) is 7.05 Å². The van der Waals surface area contributed by atoms with Gasteiger partial charge in [0.15, 0.2) is 15.8 Å². The molecule has 0 fully saturated rings. The molecule has 0 aliphatic rings. The molecular formula is C17H30FIN4O2S. The van der Waals surface area contributed by atoms with Crippen molar-refractivity contribution in [1.82, 2.24) is 16.0 Å². The molecule has 6 nitrogen and oxygen atoms in total. The molecule has 0 heterocycles. The Morgan fingerprint density at radius 3 is 2.35 bits per heavy atom. The molecule has 1 aromatic rings. The van der Waals surface area contributed by atoms with Crippen molar-refractivity contribution in [3.63, 3.8) is 0 Å². The molecule has 0 radical (unpaired) electrons. The average Bonchev–Trinajstić information content (AvgIpc) is 2.46. The third-order valence-electron chi connectivity index (χ3n) is 3.33. The van der Waals surface area contributed by atoms with Crippen LogP contribution in [-0.4, -0.2) is 46.3 Å². The van der Waals surface area contributed by atoms with Gasteiger partial charge in [0.2, 0.25) is 0 Å². The molecule has 1 rings (SSSR count). The van der Waals surface area contributed by atoms with E-state index < -0.39 is 15.7 Å². The summed E-state index contributed by atoms with van der Waals surface area (Å²) in [5.41, 5.74) is 1.23. The largest absolute Gasteiger partial charge is 0.355 e. The maximum Gasteiger partial charge on any atom is 0.191 e. The van der Waals surface area contributed by atoms with Gasteiger partial charge in [-0.3, -0.25) is 4.99 Å². The van der Waals surface area contributed by atoms with E-state index in [-0.39, 0.29) is 41.8 Å². The molecule has 0 aliphatic carbocycles. The Morgan fingerprint density at radius 1 is 1.15 bits per heavy atom. The summed E-state index contributed by atoms with van der Waals surface area (Å²) in [6, 6.07) is 4.13. The SMILES string of the molecule is CN=C(NCCNC(C)(C)C)NCc1cc(F)ccc1CS(C)(=O)=O.I. The van der Waals surface area contributed by atoms with Gasteiger partial charge in [0.05, 0.1) is 5.75 Å². The summed E-state index contributed by atoms with van der Waals surface area (Å²) in [7, 11) is -1.54. The van der Waals surface area contributed by atoms with Crippen LogP contribution in [0.2, 0.25) is 0 Å². The van der Waals surface area contributed by atoms with Gasteiger partial charge in [-0.2, -0.15) is 0 Å². The second-order valence-electron chi connectivity index (χ2n) is 7.01. The highest BCUT2D eigenvalue weighted by Crippen LogP contribution is 2.14. The van der Waals surface area contributed by atoms with Gasteiger partial charge in [-0.15, -0.1) is 24.0 Å². The minimum Gasteiger partial charge on any atom is -0.355 e. The molecule has 0 bridgehead atoms. The topological polar surface area (TPSA) is 82.6 Å². The number of rotatable bonds is 7. The molecular weight excluding hydrogens is 470 g/mol. The quantitative estimate of drug-likeness (QED) is 0.231. The molecule has 150 valence electrons. The van der Waals surface area contributed by atoms with Crippen LogP contribution in [-0.2, 0) is 22.1 Å². The first kappa shape index (κ1) is 25.1. The number of hydrogen-bond donors (Lipinski definition) is 3. The highest BCUT2D eigenvalue weighted by molar-refractivity contribution is 14.0. The Kier molecular flexibility index (Phi) is 10.6. The van der Waals surface area contributed by atoms with E-state index >= 15 is 0 Å². The lowest BCUT2D eigenvalue weighted by Crippen LogP contribution is -2.44. The summed E-state index contributed by atoms with van der Waals surface area (Å²) in [5, 5.41) is 9.60. The Bertz CT molecular complexity index is 703. The van der Waals surface area contributed by atoms with Crippen molar-refractivity contribution in [3.05, 3.63) is 35.1 Å². The van der Waals surface area contributed by atoms with E-state index in [1.165, 1.54) is 18.2 Å². The first-order valence-corrected chi connectivity index (χ1v) is 10.2. The number of benzene rings is 1. The van der Waals surface area contributed by atoms with Gasteiger partial charge in [0.25, 0.3) is 0 Å². The minimum absolute atomic E-state index is 0. The summed E-state index contributed by atoms with van der Waals surface area (Å²) in [5.74, 6) is 0.0582. The van der Waals surface area contributed by atoms with Gasteiger partial charge >= 0.3 is 0 Å². The molecule has 26 heavy (non-hydrogen) atoms. The number of aliphatic imine (C=N–C) groups is 1. The molecule has 0 saturated heterocycles. The monoisotopic (exact) mass is 500 g/mol. The van der Waals surface area contributed by atoms with Crippen molar-refractivity contribution < 1.29 is 12.8 Å². The summed E-state index contributed by atoms with van der Waals surface area (Å²) in [6.07, 6.45) is 1.16. The number of halogens is 2. The fourth-order valence-corrected chi connectivity index (χ4v) is 3.05. The molecule has 0 unspecified atom stereocenters. The molecule has 0 spiro atoms. The number of guanidine groups is 1. The zero-order chi connectivity index (χ0) is 19.1. The molecule has 3 N–H and O–H groups in total. The molecule has 0 aromatic heterocycles. The third-order valence-corrected chi connectivity index (χ3v) is 4.16. The summed E-state index contributed by atoms with van der Waals surface area (Å²) in [4.78, 5) is 4.12. The van der Waals surface area contributed by atoms with Crippen molar-refractivity contribution >= 4 is 39.8 Å². The normalized spacial score (nSPS) is 12.5. The van der Waals surface area contributed by atoms with Crippen molar-refractivity contribution in [3.8, 4) is 0 Å². The van der Waals surface area contributed by atoms with E-state index in [0.29, 0.717) is 23.6 Å². The van der Waals surface area contributed by atoms with Gasteiger partial charge in [0, 0.05) is 38.5 Å². The Hall–Kier alpha value is -0.940. The van der Waals surface area contributed by atoms with Crippen molar-refractivity contribution in [2.45, 2.75) is 38.6 Å². The van der Waals surface area contributed by atoms with E-state index in [4.69, 9.17) is 0 Å². The average molecular weight is 500 g/mol. The maximum atomic E-state index is 13.5.